The van der Waals surface area contributed by atoms with E-state index in [2.05, 4.69) is 51.2 Å². The molecule has 0 radical (unpaired) electrons. The summed E-state index contributed by atoms with van der Waals surface area (Å²) < 4.78 is 5.36. The van der Waals surface area contributed by atoms with Crippen molar-refractivity contribution < 1.29 is 24.2 Å². The molecule has 0 fully saturated rings. The van der Waals surface area contributed by atoms with Crippen LogP contribution in [-0.2, 0) is 19.1 Å². The first-order valence-corrected chi connectivity index (χ1v) is 15.6. The summed E-state index contributed by atoms with van der Waals surface area (Å²) in [4.78, 5) is 36.9. The van der Waals surface area contributed by atoms with Crippen molar-refractivity contribution >= 4 is 41.4 Å². The molecule has 2 N–H and O–H groups in total. The molecule has 1 amide bonds. The smallest absolute Gasteiger partial charge is 0.327 e. The topological polar surface area (TPSA) is 92.7 Å². The molecule has 0 bridgehead atoms. The lowest BCUT2D eigenvalue weighted by Crippen LogP contribution is -2.46. The summed E-state index contributed by atoms with van der Waals surface area (Å²) in [5, 5.41) is 12.3. The maximum Gasteiger partial charge on any atom is 0.327 e. The minimum Gasteiger partial charge on any atom is -0.480 e. The zero-order chi connectivity index (χ0) is 28.4. The molecule has 8 heteroatoms. The minimum absolute atomic E-state index is 0.0616. The molecule has 0 rings (SSSR count). The van der Waals surface area contributed by atoms with Gasteiger partial charge in [-0.15, -0.1) is 0 Å². The molecule has 0 heterocycles. The van der Waals surface area contributed by atoms with Gasteiger partial charge in [-0.05, 0) is 92.6 Å². The molecule has 0 spiro atoms. The third-order valence-corrected chi connectivity index (χ3v) is 7.06. The summed E-state index contributed by atoms with van der Waals surface area (Å²) in [6.45, 7) is 13.8. The van der Waals surface area contributed by atoms with Gasteiger partial charge in [-0.25, -0.2) is 4.79 Å². The number of aliphatic carboxylic acids is 1. The Kier molecular flexibility index (Phi) is 18.5. The first kappa shape index (κ1) is 35.3. The summed E-state index contributed by atoms with van der Waals surface area (Å²) in [5.41, 5.74) is 3.39. The molecule has 0 unspecified atom stereocenters. The van der Waals surface area contributed by atoms with E-state index >= 15 is 0 Å². The zero-order valence-electron chi connectivity index (χ0n) is 24.1. The van der Waals surface area contributed by atoms with Crippen LogP contribution in [0.15, 0.2) is 34.9 Å². The van der Waals surface area contributed by atoms with Crippen molar-refractivity contribution in [3.8, 4) is 0 Å². The largest absolute Gasteiger partial charge is 0.480 e. The average Bonchev–Trinajstić information content (AvgIpc) is 2.76. The monoisotopic (exact) mass is 555 g/mol. The van der Waals surface area contributed by atoms with Crippen LogP contribution in [0.25, 0.3) is 0 Å². The van der Waals surface area contributed by atoms with Crippen LogP contribution in [0.1, 0.15) is 87.0 Å². The fraction of sp³-hybridized carbons (Fsp3) is 0.690. The Bertz CT molecular complexity index is 808. The molecule has 0 aliphatic rings. The van der Waals surface area contributed by atoms with Gasteiger partial charge < -0.3 is 15.2 Å². The number of amides is 1. The molecule has 0 aromatic heterocycles. The molecule has 0 aliphatic heterocycles. The highest BCUT2D eigenvalue weighted by Gasteiger charge is 2.28. The van der Waals surface area contributed by atoms with Gasteiger partial charge in [-0.1, -0.05) is 34.9 Å². The van der Waals surface area contributed by atoms with Crippen LogP contribution in [-0.4, -0.2) is 58.1 Å². The predicted octanol–water partition coefficient (Wildman–Crippen LogP) is 6.81. The van der Waals surface area contributed by atoms with Crippen molar-refractivity contribution in [1.82, 2.24) is 5.32 Å². The third kappa shape index (κ3) is 20.0. The Labute approximate surface area is 233 Å². The number of thioether (sulfide) groups is 2. The molecule has 6 nitrogen and oxygen atoms in total. The van der Waals surface area contributed by atoms with Crippen LogP contribution >= 0.6 is 23.5 Å². The molecule has 0 saturated heterocycles. The molecule has 2 atom stereocenters. The first-order valence-electron chi connectivity index (χ1n) is 13.0. The second-order valence-corrected chi connectivity index (χ2v) is 12.7. The van der Waals surface area contributed by atoms with Crippen LogP contribution in [0.2, 0.25) is 0 Å². The van der Waals surface area contributed by atoms with Crippen molar-refractivity contribution in [2.24, 2.45) is 5.92 Å². The van der Waals surface area contributed by atoms with Crippen LogP contribution in [0.5, 0.6) is 0 Å². The number of hydrogen-bond acceptors (Lipinski definition) is 6. The Hall–Kier alpha value is -1.67. The lowest BCUT2D eigenvalue weighted by atomic mass is 10.0. The number of allylic oxidation sites excluding steroid dienone is 5. The molecule has 0 aromatic rings. The van der Waals surface area contributed by atoms with E-state index in [1.54, 1.807) is 32.5 Å². The molecule has 0 aromatic carbocycles. The standard InChI is InChI=1S/C29H49NO5S2/c1-21(2)11-9-12-22(3)13-10-14-23(4)15-18-37-20-25(28(33)34)30-27(32)24(16-17-36-8)19-26(31)35-29(5,6)7/h11,13,15,24-25H,9-10,12,14,16-20H2,1-8H3,(H,30,32)(H,33,34)/b22-13+,23-15+/t24-,25+/m1/s1. The Morgan fingerprint density at radius 1 is 0.973 bits per heavy atom. The lowest BCUT2D eigenvalue weighted by Gasteiger charge is -2.23. The molecule has 0 saturated carbocycles. The van der Waals surface area contributed by atoms with E-state index in [1.807, 2.05) is 6.26 Å². The van der Waals surface area contributed by atoms with E-state index in [4.69, 9.17) is 4.74 Å². The Morgan fingerprint density at radius 2 is 1.57 bits per heavy atom. The second kappa shape index (κ2) is 19.4. The first-order chi connectivity index (χ1) is 17.2. The van der Waals surface area contributed by atoms with Crippen molar-refractivity contribution in [3.63, 3.8) is 0 Å². The average molecular weight is 556 g/mol. The molecule has 212 valence electrons. The number of rotatable bonds is 18. The fourth-order valence-electron chi connectivity index (χ4n) is 3.36. The summed E-state index contributed by atoms with van der Waals surface area (Å²) in [7, 11) is 0. The predicted molar refractivity (Wildman–Crippen MR) is 159 cm³/mol. The van der Waals surface area contributed by atoms with E-state index in [0.717, 1.165) is 25.7 Å². The van der Waals surface area contributed by atoms with Crippen LogP contribution < -0.4 is 5.32 Å². The van der Waals surface area contributed by atoms with Gasteiger partial charge in [0.15, 0.2) is 0 Å². The number of carboxylic acids is 1. The van der Waals surface area contributed by atoms with Gasteiger partial charge >= 0.3 is 11.9 Å². The maximum absolute atomic E-state index is 12.9. The number of hydrogen-bond donors (Lipinski definition) is 2. The minimum atomic E-state index is -1.07. The van der Waals surface area contributed by atoms with E-state index in [-0.39, 0.29) is 12.2 Å². The van der Waals surface area contributed by atoms with Crippen molar-refractivity contribution in [2.45, 2.75) is 98.6 Å². The summed E-state index contributed by atoms with van der Waals surface area (Å²) >= 11 is 3.05. The third-order valence-electron chi connectivity index (χ3n) is 5.45. The van der Waals surface area contributed by atoms with Crippen LogP contribution in [0.4, 0.5) is 0 Å². The van der Waals surface area contributed by atoms with Crippen LogP contribution in [0.3, 0.4) is 0 Å². The highest BCUT2D eigenvalue weighted by molar-refractivity contribution is 7.99. The van der Waals surface area contributed by atoms with E-state index in [1.165, 1.54) is 28.5 Å². The maximum atomic E-state index is 12.9. The van der Waals surface area contributed by atoms with Gasteiger partial charge in [0.2, 0.25) is 5.91 Å². The molecule has 0 aliphatic carbocycles. The normalized spacial score (nSPS) is 14.1. The number of ether oxygens (including phenoxy) is 1. The highest BCUT2D eigenvalue weighted by Crippen LogP contribution is 2.18. The number of carboxylic acid groups (broad SMARTS) is 1. The quantitative estimate of drug-likeness (QED) is 0.109. The number of esters is 1. The number of carbonyl (C=O) groups excluding carboxylic acids is 2. The summed E-state index contributed by atoms with van der Waals surface area (Å²) in [5.74, 6) is -0.911. The van der Waals surface area contributed by atoms with E-state index in [9.17, 15) is 19.5 Å². The summed E-state index contributed by atoms with van der Waals surface area (Å²) in [6.07, 6.45) is 13.2. The van der Waals surface area contributed by atoms with Crippen molar-refractivity contribution in [1.29, 1.82) is 0 Å². The highest BCUT2D eigenvalue weighted by atomic mass is 32.2. The molecule has 37 heavy (non-hydrogen) atoms. The van der Waals surface area contributed by atoms with Crippen molar-refractivity contribution in [3.05, 3.63) is 34.9 Å². The Morgan fingerprint density at radius 3 is 2.11 bits per heavy atom. The molecular formula is C29H49NO5S2. The van der Waals surface area contributed by atoms with E-state index < -0.39 is 35.4 Å². The van der Waals surface area contributed by atoms with Crippen molar-refractivity contribution in [2.75, 3.05) is 23.5 Å². The lowest BCUT2D eigenvalue weighted by molar-refractivity contribution is -0.157. The van der Waals surface area contributed by atoms with Gasteiger partial charge in [-0.3, -0.25) is 9.59 Å². The fourth-order valence-corrected chi connectivity index (χ4v) is 4.88. The van der Waals surface area contributed by atoms with Gasteiger partial charge in [0.05, 0.1) is 6.42 Å². The van der Waals surface area contributed by atoms with Crippen LogP contribution in [0, 0.1) is 5.92 Å². The van der Waals surface area contributed by atoms with E-state index in [0.29, 0.717) is 17.9 Å². The number of nitrogens with one attached hydrogen (secondary N) is 1. The Balaban J connectivity index is 4.73. The second-order valence-electron chi connectivity index (χ2n) is 10.7. The van der Waals surface area contributed by atoms with Gasteiger partial charge in [0.1, 0.15) is 11.6 Å². The zero-order valence-corrected chi connectivity index (χ0v) is 25.8. The van der Waals surface area contributed by atoms with Gasteiger partial charge in [0.25, 0.3) is 0 Å². The number of carbonyl (C=O) groups is 3. The van der Waals surface area contributed by atoms with Gasteiger partial charge in [0, 0.05) is 17.4 Å². The van der Waals surface area contributed by atoms with Gasteiger partial charge in [-0.2, -0.15) is 23.5 Å². The SMILES string of the molecule is CSCC[C@H](CC(=O)OC(C)(C)C)C(=O)N[C@@H](CSC/C=C(\C)CC/C=C(\C)CCC=C(C)C)C(=O)O. The summed E-state index contributed by atoms with van der Waals surface area (Å²) in [6, 6.07) is -1.01. The molecular weight excluding hydrogens is 506 g/mol.